The molecule has 2 amide bonds. The predicted molar refractivity (Wildman–Crippen MR) is 128 cm³/mol. The third kappa shape index (κ3) is 3.04. The predicted octanol–water partition coefficient (Wildman–Crippen LogP) is 5.20. The second-order valence-corrected chi connectivity index (χ2v) is 8.57. The van der Waals surface area contributed by atoms with Gasteiger partial charge in [-0.25, -0.2) is 9.96 Å². The van der Waals surface area contributed by atoms with Crippen molar-refractivity contribution in [3.63, 3.8) is 0 Å². The van der Waals surface area contributed by atoms with Crippen molar-refractivity contribution in [1.29, 1.82) is 0 Å². The number of nitrogens with zero attached hydrogens (tertiary/aromatic N) is 2. The smallest absolute Gasteiger partial charge is 0.266 e. The van der Waals surface area contributed by atoms with Crippen LogP contribution in [0, 0.1) is 12.8 Å². The molecule has 162 valence electrons. The second-order valence-electron chi connectivity index (χ2n) is 8.57. The average Bonchev–Trinajstić information content (AvgIpc) is 3.36. The minimum Gasteiger partial charge on any atom is -0.273 e. The lowest BCUT2D eigenvalue weighted by atomic mass is 9.87. The van der Waals surface area contributed by atoms with Crippen molar-refractivity contribution < 1.29 is 14.4 Å². The summed E-state index contributed by atoms with van der Waals surface area (Å²) in [4.78, 5) is 34.8. The number of para-hydroxylation sites is 1. The Morgan fingerprint density at radius 1 is 0.697 bits per heavy atom. The van der Waals surface area contributed by atoms with E-state index >= 15 is 0 Å². The SMILES string of the molecule is Cc1ccc(N2C(=O)[C@@H]3[C@H](ON(c4ccccc4)[C@@H]3c3cccc4ccccc34)C2=O)cc1. The minimum atomic E-state index is -0.872. The molecule has 0 spiro atoms. The van der Waals surface area contributed by atoms with Crippen LogP contribution in [0.15, 0.2) is 97.1 Å². The number of hydroxylamine groups is 1. The zero-order valence-corrected chi connectivity index (χ0v) is 18.1. The summed E-state index contributed by atoms with van der Waals surface area (Å²) in [5.74, 6) is -1.20. The van der Waals surface area contributed by atoms with Gasteiger partial charge in [0.25, 0.3) is 5.91 Å². The number of hydrogen-bond donors (Lipinski definition) is 0. The van der Waals surface area contributed by atoms with Crippen molar-refractivity contribution in [3.8, 4) is 0 Å². The van der Waals surface area contributed by atoms with Crippen LogP contribution >= 0.6 is 0 Å². The molecule has 2 aliphatic rings. The Morgan fingerprint density at radius 3 is 2.18 bits per heavy atom. The normalized spacial score (nSPS) is 22.3. The second kappa shape index (κ2) is 7.57. The number of carbonyl (C=O) groups excluding carboxylic acids is 2. The molecule has 2 aliphatic heterocycles. The molecular formula is C28H22N2O3. The highest BCUT2D eigenvalue weighted by Crippen LogP contribution is 2.48. The topological polar surface area (TPSA) is 49.9 Å². The van der Waals surface area contributed by atoms with Crippen LogP contribution in [0.25, 0.3) is 10.8 Å². The fourth-order valence-electron chi connectivity index (χ4n) is 4.99. The van der Waals surface area contributed by atoms with Gasteiger partial charge in [-0.2, -0.15) is 0 Å². The van der Waals surface area contributed by atoms with Crippen molar-refractivity contribution in [1.82, 2.24) is 0 Å². The molecule has 2 saturated heterocycles. The summed E-state index contributed by atoms with van der Waals surface area (Å²) in [6.07, 6.45) is -0.872. The van der Waals surface area contributed by atoms with Crippen molar-refractivity contribution in [2.75, 3.05) is 9.96 Å². The Labute approximate surface area is 191 Å². The molecule has 5 nitrogen and oxygen atoms in total. The van der Waals surface area contributed by atoms with Gasteiger partial charge in [0.1, 0.15) is 5.92 Å². The summed E-state index contributed by atoms with van der Waals surface area (Å²) in [6.45, 7) is 1.98. The zero-order chi connectivity index (χ0) is 22.5. The number of carbonyl (C=O) groups is 2. The van der Waals surface area contributed by atoms with E-state index in [1.807, 2.05) is 85.8 Å². The number of hydrogen-bond acceptors (Lipinski definition) is 4. The lowest BCUT2D eigenvalue weighted by Gasteiger charge is -2.29. The van der Waals surface area contributed by atoms with E-state index in [1.54, 1.807) is 5.06 Å². The van der Waals surface area contributed by atoms with E-state index in [-0.39, 0.29) is 11.8 Å². The summed E-state index contributed by atoms with van der Waals surface area (Å²) in [5, 5.41) is 3.88. The van der Waals surface area contributed by atoms with E-state index < -0.39 is 18.1 Å². The molecule has 2 fully saturated rings. The molecule has 4 aromatic carbocycles. The van der Waals surface area contributed by atoms with Gasteiger partial charge >= 0.3 is 0 Å². The van der Waals surface area contributed by atoms with E-state index in [0.29, 0.717) is 5.69 Å². The summed E-state index contributed by atoms with van der Waals surface area (Å²) < 4.78 is 0. The van der Waals surface area contributed by atoms with Gasteiger partial charge < -0.3 is 0 Å². The molecule has 3 atom stereocenters. The third-order valence-corrected chi connectivity index (χ3v) is 6.56. The number of rotatable bonds is 3. The van der Waals surface area contributed by atoms with Gasteiger partial charge in [-0.15, -0.1) is 0 Å². The molecule has 4 aromatic rings. The van der Waals surface area contributed by atoms with Crippen molar-refractivity contribution in [2.45, 2.75) is 19.1 Å². The van der Waals surface area contributed by atoms with Crippen LogP contribution in [0.5, 0.6) is 0 Å². The Kier molecular flexibility index (Phi) is 4.52. The van der Waals surface area contributed by atoms with Crippen LogP contribution < -0.4 is 9.96 Å². The maximum absolute atomic E-state index is 13.8. The summed E-state index contributed by atoms with van der Waals surface area (Å²) >= 11 is 0. The first-order valence-electron chi connectivity index (χ1n) is 11.1. The molecular weight excluding hydrogens is 412 g/mol. The highest BCUT2D eigenvalue weighted by atomic mass is 16.7. The van der Waals surface area contributed by atoms with Crippen molar-refractivity contribution >= 4 is 34.0 Å². The standard InChI is InChI=1S/C28H22N2O3/c1-18-14-16-20(17-15-18)29-27(31)24-25(23-13-7-9-19-8-5-6-12-22(19)23)30(33-26(24)28(29)32)21-10-3-2-4-11-21/h2-17,24-26H,1H3/t24-,25+,26-/m0/s1. The van der Waals surface area contributed by atoms with E-state index in [4.69, 9.17) is 4.84 Å². The summed E-state index contributed by atoms with van der Waals surface area (Å²) in [5.41, 5.74) is 3.43. The highest BCUT2D eigenvalue weighted by Gasteiger charge is 2.60. The molecule has 0 N–H and O–H groups in total. The largest absolute Gasteiger partial charge is 0.273 e. The van der Waals surface area contributed by atoms with Crippen molar-refractivity contribution in [3.05, 3.63) is 108 Å². The maximum atomic E-state index is 13.8. The molecule has 2 heterocycles. The lowest BCUT2D eigenvalue weighted by Crippen LogP contribution is -2.37. The number of benzene rings is 4. The molecule has 33 heavy (non-hydrogen) atoms. The Morgan fingerprint density at radius 2 is 1.39 bits per heavy atom. The first-order valence-corrected chi connectivity index (χ1v) is 11.1. The van der Waals surface area contributed by atoms with Crippen LogP contribution in [0.1, 0.15) is 17.2 Å². The van der Waals surface area contributed by atoms with Gasteiger partial charge in [-0.3, -0.25) is 14.4 Å². The molecule has 0 aromatic heterocycles. The molecule has 0 saturated carbocycles. The van der Waals surface area contributed by atoms with Crippen LogP contribution in [0.3, 0.4) is 0 Å². The van der Waals surface area contributed by atoms with E-state index in [1.165, 1.54) is 4.90 Å². The van der Waals surface area contributed by atoms with Crippen LogP contribution in [-0.4, -0.2) is 17.9 Å². The quantitative estimate of drug-likeness (QED) is 0.416. The molecule has 0 aliphatic carbocycles. The summed E-state index contributed by atoms with van der Waals surface area (Å²) in [6, 6.07) is 30.8. The van der Waals surface area contributed by atoms with Crippen LogP contribution in [-0.2, 0) is 14.4 Å². The zero-order valence-electron chi connectivity index (χ0n) is 18.1. The Balaban J connectivity index is 1.50. The Hall–Kier alpha value is -3.96. The van der Waals surface area contributed by atoms with E-state index in [9.17, 15) is 9.59 Å². The van der Waals surface area contributed by atoms with E-state index in [2.05, 4.69) is 18.2 Å². The maximum Gasteiger partial charge on any atom is 0.266 e. The van der Waals surface area contributed by atoms with E-state index in [0.717, 1.165) is 27.6 Å². The minimum absolute atomic E-state index is 0.231. The monoisotopic (exact) mass is 434 g/mol. The van der Waals surface area contributed by atoms with Crippen molar-refractivity contribution in [2.24, 2.45) is 5.92 Å². The number of anilines is 2. The number of aryl methyl sites for hydroxylation is 1. The van der Waals surface area contributed by atoms with Gasteiger partial charge in [-0.05, 0) is 47.5 Å². The molecule has 6 rings (SSSR count). The molecule has 0 radical (unpaired) electrons. The van der Waals surface area contributed by atoms with Gasteiger partial charge in [-0.1, -0.05) is 78.4 Å². The van der Waals surface area contributed by atoms with Crippen LogP contribution in [0.2, 0.25) is 0 Å². The summed E-state index contributed by atoms with van der Waals surface area (Å²) in [7, 11) is 0. The van der Waals surface area contributed by atoms with Gasteiger partial charge in [0.05, 0.1) is 17.4 Å². The first kappa shape index (κ1) is 19.7. The number of fused-ring (bicyclic) bond motifs is 2. The third-order valence-electron chi connectivity index (χ3n) is 6.56. The number of imide groups is 1. The highest BCUT2D eigenvalue weighted by molar-refractivity contribution is 6.24. The van der Waals surface area contributed by atoms with Gasteiger partial charge in [0.15, 0.2) is 6.10 Å². The number of amides is 2. The van der Waals surface area contributed by atoms with Gasteiger partial charge in [0, 0.05) is 0 Å². The lowest BCUT2D eigenvalue weighted by molar-refractivity contribution is -0.126. The fraction of sp³-hybridized carbons (Fsp3) is 0.143. The molecule has 0 bridgehead atoms. The fourth-order valence-corrected chi connectivity index (χ4v) is 4.99. The van der Waals surface area contributed by atoms with Gasteiger partial charge in [0.2, 0.25) is 5.91 Å². The van der Waals surface area contributed by atoms with Crippen LogP contribution in [0.4, 0.5) is 11.4 Å². The first-order chi connectivity index (χ1) is 16.1. The molecule has 0 unspecified atom stereocenters. The molecule has 5 heteroatoms. The Bertz CT molecular complexity index is 1360. The average molecular weight is 434 g/mol.